The van der Waals surface area contributed by atoms with Gasteiger partial charge >= 0.3 is 0 Å². The predicted octanol–water partition coefficient (Wildman–Crippen LogP) is 3.10. The summed E-state index contributed by atoms with van der Waals surface area (Å²) >= 11 is 6.45. The third-order valence-corrected chi connectivity index (χ3v) is 2.37. The van der Waals surface area contributed by atoms with Crippen LogP contribution < -0.4 is 0 Å². The van der Waals surface area contributed by atoms with Gasteiger partial charge in [-0.25, -0.2) is 0 Å². The molecule has 0 aromatic heterocycles. The third kappa shape index (κ3) is 3.24. The van der Waals surface area contributed by atoms with Gasteiger partial charge in [-0.05, 0) is 43.0 Å². The monoisotopic (exact) mass is 198 g/mol. The standard InChI is InChI=1S/C9H10OS2/c1-2-10-9(11)12-8-6-4-3-5-7-8/h3-7H,2H2,1H3. The number of hydrogen-bond acceptors (Lipinski definition) is 3. The van der Waals surface area contributed by atoms with Crippen molar-refractivity contribution in [2.24, 2.45) is 0 Å². The summed E-state index contributed by atoms with van der Waals surface area (Å²) in [6, 6.07) is 9.97. The van der Waals surface area contributed by atoms with Gasteiger partial charge in [-0.15, -0.1) is 0 Å². The second-order valence-corrected chi connectivity index (χ2v) is 3.77. The van der Waals surface area contributed by atoms with Gasteiger partial charge in [0.2, 0.25) is 4.38 Å². The molecule has 0 saturated carbocycles. The van der Waals surface area contributed by atoms with Crippen molar-refractivity contribution in [3.63, 3.8) is 0 Å². The number of hydrogen-bond donors (Lipinski definition) is 0. The van der Waals surface area contributed by atoms with Gasteiger partial charge in [-0.2, -0.15) is 0 Å². The van der Waals surface area contributed by atoms with Crippen molar-refractivity contribution in [1.82, 2.24) is 0 Å². The van der Waals surface area contributed by atoms with E-state index in [0.29, 0.717) is 11.0 Å². The van der Waals surface area contributed by atoms with Crippen LogP contribution in [0.4, 0.5) is 0 Å². The van der Waals surface area contributed by atoms with Crippen LogP contribution in [0.3, 0.4) is 0 Å². The average molecular weight is 198 g/mol. The van der Waals surface area contributed by atoms with Crippen LogP contribution in [0.15, 0.2) is 35.2 Å². The minimum absolute atomic E-state index is 0.587. The van der Waals surface area contributed by atoms with E-state index in [1.807, 2.05) is 37.3 Å². The van der Waals surface area contributed by atoms with Crippen LogP contribution in [0.5, 0.6) is 0 Å². The largest absolute Gasteiger partial charge is 0.479 e. The van der Waals surface area contributed by atoms with Gasteiger partial charge < -0.3 is 4.74 Å². The molecule has 0 unspecified atom stereocenters. The number of thioether (sulfide) groups is 1. The Kier molecular flexibility index (Phi) is 4.11. The topological polar surface area (TPSA) is 9.23 Å². The Bertz CT molecular complexity index is 246. The summed E-state index contributed by atoms with van der Waals surface area (Å²) in [6.45, 7) is 2.57. The first-order valence-electron chi connectivity index (χ1n) is 3.72. The summed E-state index contributed by atoms with van der Waals surface area (Å²) < 4.78 is 5.73. The van der Waals surface area contributed by atoms with Gasteiger partial charge in [0.25, 0.3) is 0 Å². The van der Waals surface area contributed by atoms with Crippen LogP contribution >= 0.6 is 24.0 Å². The summed E-state index contributed by atoms with van der Waals surface area (Å²) in [5, 5.41) is 0. The predicted molar refractivity (Wildman–Crippen MR) is 56.5 cm³/mol. The quantitative estimate of drug-likeness (QED) is 0.534. The molecule has 12 heavy (non-hydrogen) atoms. The van der Waals surface area contributed by atoms with Gasteiger partial charge in [0.05, 0.1) is 6.61 Å². The zero-order valence-corrected chi connectivity index (χ0v) is 8.45. The summed E-state index contributed by atoms with van der Waals surface area (Å²) in [5.74, 6) is 0. The van der Waals surface area contributed by atoms with E-state index in [0.717, 1.165) is 4.90 Å². The van der Waals surface area contributed by atoms with Gasteiger partial charge in [0, 0.05) is 4.90 Å². The molecule has 0 aliphatic heterocycles. The van der Waals surface area contributed by atoms with Gasteiger partial charge in [-0.3, -0.25) is 0 Å². The van der Waals surface area contributed by atoms with Crippen LogP contribution in [-0.2, 0) is 4.74 Å². The lowest BCUT2D eigenvalue weighted by Crippen LogP contribution is -1.94. The van der Waals surface area contributed by atoms with Crippen LogP contribution in [0.1, 0.15) is 6.92 Å². The maximum atomic E-state index is 5.14. The molecule has 0 spiro atoms. The van der Waals surface area contributed by atoms with E-state index >= 15 is 0 Å². The molecule has 0 amide bonds. The Labute approximate surface area is 82.1 Å². The van der Waals surface area contributed by atoms with E-state index in [4.69, 9.17) is 17.0 Å². The van der Waals surface area contributed by atoms with Crippen molar-refractivity contribution < 1.29 is 4.74 Å². The highest BCUT2D eigenvalue weighted by atomic mass is 32.2. The highest BCUT2D eigenvalue weighted by Gasteiger charge is 1.98. The fourth-order valence-corrected chi connectivity index (χ4v) is 1.80. The first-order valence-corrected chi connectivity index (χ1v) is 4.95. The minimum Gasteiger partial charge on any atom is -0.479 e. The molecular weight excluding hydrogens is 188 g/mol. The lowest BCUT2D eigenvalue weighted by atomic mass is 10.4. The Morgan fingerprint density at radius 3 is 2.67 bits per heavy atom. The molecule has 0 aliphatic rings. The molecular formula is C9H10OS2. The van der Waals surface area contributed by atoms with Crippen LogP contribution in [0.2, 0.25) is 0 Å². The molecule has 0 saturated heterocycles. The zero-order valence-electron chi connectivity index (χ0n) is 6.82. The number of thiocarbonyl (C=S) groups is 1. The van der Waals surface area contributed by atoms with Crippen molar-refractivity contribution in [3.8, 4) is 0 Å². The highest BCUT2D eigenvalue weighted by molar-refractivity contribution is 8.22. The van der Waals surface area contributed by atoms with Crippen molar-refractivity contribution in [3.05, 3.63) is 30.3 Å². The lowest BCUT2D eigenvalue weighted by molar-refractivity contribution is 0.346. The molecule has 64 valence electrons. The molecule has 0 radical (unpaired) electrons. The van der Waals surface area contributed by atoms with Gasteiger partial charge in [-0.1, -0.05) is 18.2 Å². The first kappa shape index (κ1) is 9.55. The molecule has 0 bridgehead atoms. The van der Waals surface area contributed by atoms with E-state index in [1.54, 1.807) is 0 Å². The Hall–Kier alpha value is -0.540. The average Bonchev–Trinajstić information content (AvgIpc) is 2.06. The molecule has 1 aromatic rings. The summed E-state index contributed by atoms with van der Waals surface area (Å²) in [5.41, 5.74) is 0. The Morgan fingerprint density at radius 2 is 2.08 bits per heavy atom. The maximum Gasteiger partial charge on any atom is 0.224 e. The zero-order chi connectivity index (χ0) is 8.81. The van der Waals surface area contributed by atoms with Crippen LogP contribution in [0.25, 0.3) is 0 Å². The second-order valence-electron chi connectivity index (χ2n) is 2.10. The van der Waals surface area contributed by atoms with Crippen LogP contribution in [-0.4, -0.2) is 11.0 Å². The molecule has 1 nitrogen and oxygen atoms in total. The Morgan fingerprint density at radius 1 is 1.42 bits per heavy atom. The van der Waals surface area contributed by atoms with E-state index < -0.39 is 0 Å². The smallest absolute Gasteiger partial charge is 0.224 e. The van der Waals surface area contributed by atoms with Crippen molar-refractivity contribution >= 4 is 28.4 Å². The number of benzene rings is 1. The SMILES string of the molecule is CCOC(=S)Sc1ccccc1. The molecule has 0 heterocycles. The van der Waals surface area contributed by atoms with Crippen LogP contribution in [0, 0.1) is 0 Å². The minimum atomic E-state index is 0.587. The van der Waals surface area contributed by atoms with E-state index in [1.165, 1.54) is 11.8 Å². The fourth-order valence-electron chi connectivity index (χ4n) is 0.732. The molecule has 0 fully saturated rings. The summed E-state index contributed by atoms with van der Waals surface area (Å²) in [6.07, 6.45) is 0. The fraction of sp³-hybridized carbons (Fsp3) is 0.222. The van der Waals surface area contributed by atoms with Crippen molar-refractivity contribution in [1.29, 1.82) is 0 Å². The highest BCUT2D eigenvalue weighted by Crippen LogP contribution is 2.19. The molecule has 0 atom stereocenters. The molecule has 1 aromatic carbocycles. The van der Waals surface area contributed by atoms with E-state index in [-0.39, 0.29) is 0 Å². The number of rotatable bonds is 2. The summed E-state index contributed by atoms with van der Waals surface area (Å²) in [7, 11) is 0. The van der Waals surface area contributed by atoms with E-state index in [9.17, 15) is 0 Å². The third-order valence-electron chi connectivity index (χ3n) is 1.21. The Balaban J connectivity index is 2.47. The van der Waals surface area contributed by atoms with Gasteiger partial charge in [0.15, 0.2) is 0 Å². The molecule has 0 aliphatic carbocycles. The maximum absolute atomic E-state index is 5.14. The lowest BCUT2D eigenvalue weighted by Gasteiger charge is -2.02. The van der Waals surface area contributed by atoms with Crippen molar-refractivity contribution in [2.45, 2.75) is 11.8 Å². The first-order chi connectivity index (χ1) is 5.83. The number of ether oxygens (including phenoxy) is 1. The molecule has 3 heteroatoms. The molecule has 1 rings (SSSR count). The van der Waals surface area contributed by atoms with Gasteiger partial charge in [0.1, 0.15) is 0 Å². The van der Waals surface area contributed by atoms with E-state index in [2.05, 4.69) is 0 Å². The van der Waals surface area contributed by atoms with Crippen molar-refractivity contribution in [2.75, 3.05) is 6.61 Å². The second kappa shape index (κ2) is 5.17. The normalized spacial score (nSPS) is 9.42. The summed E-state index contributed by atoms with van der Waals surface area (Å²) in [4.78, 5) is 1.12. The molecule has 0 N–H and O–H groups in total.